The Hall–Kier alpha value is -1.08. The Kier molecular flexibility index (Phi) is 0.922. The van der Waals surface area contributed by atoms with Gasteiger partial charge in [-0.2, -0.15) is 4.79 Å². The van der Waals surface area contributed by atoms with Gasteiger partial charge < -0.3 is 10.8 Å². The van der Waals surface area contributed by atoms with E-state index in [0.29, 0.717) is 12.3 Å². The van der Waals surface area contributed by atoms with Crippen molar-refractivity contribution in [2.45, 2.75) is 0 Å². The molecule has 36 valence electrons. The second-order valence-corrected chi connectivity index (χ2v) is 1.31. The zero-order valence-corrected chi connectivity index (χ0v) is 3.76. The fraction of sp³-hybridized carbons (Fsp3) is 0.250. The number of nitrogens with zero attached hydrogens (tertiary/aromatic N) is 2. The molecule has 0 fully saturated rings. The zero-order chi connectivity index (χ0) is 5.11. The Balaban J connectivity index is 2.77. The summed E-state index contributed by atoms with van der Waals surface area (Å²) >= 11 is 0. The SMILES string of the molecule is [N-]=[N+]=C1C=CNC1. The first kappa shape index (κ1) is 4.09. The maximum atomic E-state index is 8.06. The van der Waals surface area contributed by atoms with Gasteiger partial charge in [0, 0.05) is 12.3 Å². The maximum Gasteiger partial charge on any atom is 0.312 e. The summed E-state index contributed by atoms with van der Waals surface area (Å²) in [4.78, 5) is 2.95. The molecule has 0 amide bonds. The summed E-state index contributed by atoms with van der Waals surface area (Å²) in [5, 5.41) is 2.85. The van der Waals surface area contributed by atoms with Gasteiger partial charge in [0.25, 0.3) is 0 Å². The van der Waals surface area contributed by atoms with E-state index < -0.39 is 0 Å². The number of hydrogen-bond donors (Lipinski definition) is 1. The lowest BCUT2D eigenvalue weighted by Gasteiger charge is -1.75. The molecule has 0 bridgehead atoms. The Bertz CT molecular complexity index is 141. The predicted octanol–water partition coefficient (Wildman–Crippen LogP) is -0.226. The van der Waals surface area contributed by atoms with Crippen molar-refractivity contribution >= 4 is 5.71 Å². The minimum absolute atomic E-state index is 0.649. The molecular weight excluding hydrogens is 90.1 g/mol. The van der Waals surface area contributed by atoms with Crippen molar-refractivity contribution in [2.24, 2.45) is 0 Å². The highest BCUT2D eigenvalue weighted by Gasteiger charge is 2.04. The Morgan fingerprint density at radius 3 is 3.00 bits per heavy atom. The third kappa shape index (κ3) is 0.669. The molecular formula is C4H5N3. The van der Waals surface area contributed by atoms with Crippen LogP contribution >= 0.6 is 0 Å². The van der Waals surface area contributed by atoms with Crippen molar-refractivity contribution < 1.29 is 4.79 Å². The first-order valence-electron chi connectivity index (χ1n) is 2.04. The highest BCUT2D eigenvalue weighted by atomic mass is 14.9. The lowest BCUT2D eigenvalue weighted by atomic mass is 10.4. The van der Waals surface area contributed by atoms with Crippen molar-refractivity contribution in [1.29, 1.82) is 0 Å². The van der Waals surface area contributed by atoms with Crippen molar-refractivity contribution in [3.8, 4) is 0 Å². The van der Waals surface area contributed by atoms with Gasteiger partial charge in [-0.25, -0.2) is 0 Å². The maximum absolute atomic E-state index is 8.06. The summed E-state index contributed by atoms with van der Waals surface area (Å²) in [7, 11) is 0. The quantitative estimate of drug-likeness (QED) is 0.328. The predicted molar refractivity (Wildman–Crippen MR) is 25.8 cm³/mol. The van der Waals surface area contributed by atoms with Crippen LogP contribution in [0.2, 0.25) is 0 Å². The van der Waals surface area contributed by atoms with Gasteiger partial charge >= 0.3 is 5.71 Å². The van der Waals surface area contributed by atoms with Crippen LogP contribution in [0.15, 0.2) is 12.3 Å². The van der Waals surface area contributed by atoms with E-state index in [1.807, 2.05) is 0 Å². The van der Waals surface area contributed by atoms with Crippen LogP contribution in [0.1, 0.15) is 0 Å². The number of hydrogen-bond acceptors (Lipinski definition) is 1. The van der Waals surface area contributed by atoms with Gasteiger partial charge in [-0.3, -0.25) is 0 Å². The van der Waals surface area contributed by atoms with Crippen LogP contribution in [0, 0.1) is 0 Å². The molecule has 3 heteroatoms. The van der Waals surface area contributed by atoms with Crippen molar-refractivity contribution in [1.82, 2.24) is 5.32 Å². The minimum atomic E-state index is 0.649. The molecule has 1 rings (SSSR count). The third-order valence-electron chi connectivity index (χ3n) is 0.805. The van der Waals surface area contributed by atoms with Gasteiger partial charge in [-0.1, -0.05) is 0 Å². The van der Waals surface area contributed by atoms with Gasteiger partial charge in [0.15, 0.2) is 0 Å². The highest BCUT2D eigenvalue weighted by molar-refractivity contribution is 5.93. The van der Waals surface area contributed by atoms with E-state index in [9.17, 15) is 0 Å². The fourth-order valence-corrected chi connectivity index (χ4v) is 0.446. The van der Waals surface area contributed by atoms with Crippen LogP contribution in [-0.4, -0.2) is 17.0 Å². The summed E-state index contributed by atoms with van der Waals surface area (Å²) in [6, 6.07) is 0. The monoisotopic (exact) mass is 95.0 g/mol. The molecule has 0 aromatic heterocycles. The molecule has 1 aliphatic rings. The van der Waals surface area contributed by atoms with Gasteiger partial charge in [0.2, 0.25) is 0 Å². The van der Waals surface area contributed by atoms with Crippen molar-refractivity contribution in [3.63, 3.8) is 0 Å². The van der Waals surface area contributed by atoms with E-state index in [1.54, 1.807) is 12.3 Å². The standard InChI is InChI=1S/C4H5N3/c5-7-4-1-2-6-3-4/h1-2,6H,3H2. The molecule has 0 atom stereocenters. The first-order chi connectivity index (χ1) is 3.43. The summed E-state index contributed by atoms with van der Waals surface area (Å²) in [5.74, 6) is 0. The molecule has 1 aliphatic heterocycles. The molecule has 0 spiro atoms. The van der Waals surface area contributed by atoms with Crippen LogP contribution in [0.25, 0.3) is 5.53 Å². The lowest BCUT2D eigenvalue weighted by Crippen LogP contribution is -2.07. The molecule has 7 heavy (non-hydrogen) atoms. The van der Waals surface area contributed by atoms with Crippen LogP contribution in [0.4, 0.5) is 0 Å². The third-order valence-corrected chi connectivity index (χ3v) is 0.805. The smallest absolute Gasteiger partial charge is 0.312 e. The molecule has 0 unspecified atom stereocenters. The van der Waals surface area contributed by atoms with Gasteiger partial charge in [0.1, 0.15) is 6.54 Å². The van der Waals surface area contributed by atoms with Crippen molar-refractivity contribution in [3.05, 3.63) is 17.8 Å². The number of rotatable bonds is 0. The van der Waals surface area contributed by atoms with Crippen molar-refractivity contribution in [2.75, 3.05) is 6.54 Å². The van der Waals surface area contributed by atoms with E-state index >= 15 is 0 Å². The van der Waals surface area contributed by atoms with Crippen LogP contribution in [-0.2, 0) is 0 Å². The fourth-order valence-electron chi connectivity index (χ4n) is 0.446. The van der Waals surface area contributed by atoms with E-state index in [-0.39, 0.29) is 0 Å². The molecule has 1 heterocycles. The largest absolute Gasteiger partial charge is 0.380 e. The topological polar surface area (TPSA) is 48.4 Å². The molecule has 0 aromatic carbocycles. The highest BCUT2D eigenvalue weighted by Crippen LogP contribution is 1.80. The second-order valence-electron chi connectivity index (χ2n) is 1.31. The van der Waals surface area contributed by atoms with Gasteiger partial charge in [-0.05, 0) is 0 Å². The summed E-state index contributed by atoms with van der Waals surface area (Å²) in [6.07, 6.45) is 3.47. The zero-order valence-electron chi connectivity index (χ0n) is 3.76. The minimum Gasteiger partial charge on any atom is -0.380 e. The molecule has 3 nitrogen and oxygen atoms in total. The normalized spacial score (nSPS) is 16.3. The van der Waals surface area contributed by atoms with E-state index in [2.05, 4.69) is 10.1 Å². The Morgan fingerprint density at radius 1 is 1.86 bits per heavy atom. The average molecular weight is 95.1 g/mol. The van der Waals surface area contributed by atoms with Gasteiger partial charge in [-0.15, -0.1) is 0 Å². The molecule has 0 saturated heterocycles. The molecule has 0 aliphatic carbocycles. The summed E-state index contributed by atoms with van der Waals surface area (Å²) < 4.78 is 0. The number of nitrogens with one attached hydrogen (secondary N) is 1. The molecule has 0 radical (unpaired) electrons. The first-order valence-corrected chi connectivity index (χ1v) is 2.04. The van der Waals surface area contributed by atoms with E-state index in [0.717, 1.165) is 0 Å². The summed E-state index contributed by atoms with van der Waals surface area (Å²) in [6.45, 7) is 0.649. The second kappa shape index (κ2) is 1.58. The van der Waals surface area contributed by atoms with Crippen LogP contribution < -0.4 is 5.32 Å². The van der Waals surface area contributed by atoms with E-state index in [1.165, 1.54) is 0 Å². The Labute approximate surface area is 41.3 Å². The Morgan fingerprint density at radius 2 is 2.71 bits per heavy atom. The average Bonchev–Trinajstić information content (AvgIpc) is 2.14. The van der Waals surface area contributed by atoms with E-state index in [4.69, 9.17) is 5.53 Å². The van der Waals surface area contributed by atoms with Crippen LogP contribution in [0.5, 0.6) is 0 Å². The van der Waals surface area contributed by atoms with Crippen LogP contribution in [0.3, 0.4) is 0 Å². The molecule has 0 saturated carbocycles. The molecule has 0 aromatic rings. The molecule has 1 N–H and O–H groups in total. The van der Waals surface area contributed by atoms with Gasteiger partial charge in [0.05, 0.1) is 0 Å². The summed E-state index contributed by atoms with van der Waals surface area (Å²) in [5.41, 5.74) is 8.74. The lowest BCUT2D eigenvalue weighted by molar-refractivity contribution is -0.00453.